The SMILES string of the molecule is CC[C@H](C)Nc1ccc(S(=O)(=O)NCCc2ccc(OC)cc2)cc1C(=O)O. The van der Waals surface area contributed by atoms with Gasteiger partial charge < -0.3 is 15.2 Å². The fourth-order valence-corrected chi connectivity index (χ4v) is 3.62. The van der Waals surface area contributed by atoms with Gasteiger partial charge in [0.25, 0.3) is 0 Å². The van der Waals surface area contributed by atoms with Crippen LogP contribution in [0.3, 0.4) is 0 Å². The number of hydrogen-bond acceptors (Lipinski definition) is 5. The molecule has 2 aromatic rings. The summed E-state index contributed by atoms with van der Waals surface area (Å²) in [5.74, 6) is -0.447. The van der Waals surface area contributed by atoms with Gasteiger partial charge in [-0.1, -0.05) is 19.1 Å². The molecular weight excluding hydrogens is 380 g/mol. The van der Waals surface area contributed by atoms with E-state index in [1.807, 2.05) is 38.1 Å². The van der Waals surface area contributed by atoms with Crippen molar-refractivity contribution in [1.29, 1.82) is 0 Å². The van der Waals surface area contributed by atoms with E-state index >= 15 is 0 Å². The van der Waals surface area contributed by atoms with Gasteiger partial charge in [0.2, 0.25) is 10.0 Å². The van der Waals surface area contributed by atoms with Gasteiger partial charge in [0.1, 0.15) is 5.75 Å². The Hall–Kier alpha value is -2.58. The molecular formula is C20H26N2O5S. The van der Waals surface area contributed by atoms with Crippen molar-refractivity contribution >= 4 is 21.7 Å². The molecule has 0 fully saturated rings. The number of rotatable bonds is 10. The van der Waals surface area contributed by atoms with E-state index < -0.39 is 16.0 Å². The molecule has 0 aliphatic heterocycles. The van der Waals surface area contributed by atoms with Crippen molar-refractivity contribution < 1.29 is 23.1 Å². The van der Waals surface area contributed by atoms with Crippen LogP contribution in [-0.4, -0.2) is 39.2 Å². The first-order valence-electron chi connectivity index (χ1n) is 9.03. The summed E-state index contributed by atoms with van der Waals surface area (Å²) in [5.41, 5.74) is 1.29. The number of benzene rings is 2. The molecule has 0 heterocycles. The highest BCUT2D eigenvalue weighted by Gasteiger charge is 2.19. The second-order valence-electron chi connectivity index (χ2n) is 6.46. The van der Waals surface area contributed by atoms with E-state index in [4.69, 9.17) is 4.74 Å². The number of carboxylic acids is 1. The minimum absolute atomic E-state index is 0.0710. The predicted octanol–water partition coefficient (Wildman–Crippen LogP) is 3.12. The van der Waals surface area contributed by atoms with Crippen LogP contribution in [0, 0.1) is 0 Å². The summed E-state index contributed by atoms with van der Waals surface area (Å²) in [6.07, 6.45) is 1.31. The molecule has 0 bridgehead atoms. The molecule has 28 heavy (non-hydrogen) atoms. The number of anilines is 1. The first kappa shape index (κ1) is 21.7. The number of carbonyl (C=O) groups is 1. The van der Waals surface area contributed by atoms with Crippen LogP contribution in [0.15, 0.2) is 47.4 Å². The predicted molar refractivity (Wildman–Crippen MR) is 109 cm³/mol. The Bertz CT molecular complexity index is 911. The Labute approximate surface area is 165 Å². The smallest absolute Gasteiger partial charge is 0.337 e. The van der Waals surface area contributed by atoms with Crippen molar-refractivity contribution in [2.75, 3.05) is 19.0 Å². The third-order valence-electron chi connectivity index (χ3n) is 4.41. The molecule has 7 nitrogen and oxygen atoms in total. The molecule has 0 unspecified atom stereocenters. The molecule has 3 N–H and O–H groups in total. The van der Waals surface area contributed by atoms with Crippen molar-refractivity contribution in [2.45, 2.75) is 37.6 Å². The molecule has 0 saturated carbocycles. The lowest BCUT2D eigenvalue weighted by Gasteiger charge is -2.16. The van der Waals surface area contributed by atoms with E-state index in [2.05, 4.69) is 10.0 Å². The van der Waals surface area contributed by atoms with Crippen LogP contribution >= 0.6 is 0 Å². The zero-order valence-corrected chi connectivity index (χ0v) is 17.0. The highest BCUT2D eigenvalue weighted by Crippen LogP contribution is 2.22. The van der Waals surface area contributed by atoms with Crippen molar-refractivity contribution in [3.8, 4) is 5.75 Å². The third-order valence-corrected chi connectivity index (χ3v) is 5.87. The van der Waals surface area contributed by atoms with Crippen LogP contribution in [0.5, 0.6) is 5.75 Å². The molecule has 0 aromatic heterocycles. The standard InChI is InChI=1S/C20H26N2O5S/c1-4-14(2)22-19-10-9-17(13-18(19)20(23)24)28(25,26)21-12-11-15-5-7-16(27-3)8-6-15/h5-10,13-14,21-22H,4,11-12H2,1-3H3,(H,23,24)/t14-/m0/s1. The topological polar surface area (TPSA) is 105 Å². The number of sulfonamides is 1. The van der Waals surface area contributed by atoms with Crippen LogP contribution < -0.4 is 14.8 Å². The number of nitrogens with one attached hydrogen (secondary N) is 2. The first-order valence-corrected chi connectivity index (χ1v) is 10.5. The molecule has 0 amide bonds. The molecule has 0 radical (unpaired) electrons. The van der Waals surface area contributed by atoms with E-state index in [1.54, 1.807) is 7.11 Å². The highest BCUT2D eigenvalue weighted by molar-refractivity contribution is 7.89. The number of aromatic carboxylic acids is 1. The monoisotopic (exact) mass is 406 g/mol. The zero-order valence-electron chi connectivity index (χ0n) is 16.2. The lowest BCUT2D eigenvalue weighted by molar-refractivity contribution is 0.0697. The average molecular weight is 407 g/mol. The van der Waals surface area contributed by atoms with Crippen molar-refractivity contribution in [1.82, 2.24) is 4.72 Å². The van der Waals surface area contributed by atoms with Crippen LogP contribution in [-0.2, 0) is 16.4 Å². The maximum absolute atomic E-state index is 12.5. The second kappa shape index (κ2) is 9.57. The largest absolute Gasteiger partial charge is 0.497 e. The van der Waals surface area contributed by atoms with Crippen LogP contribution in [0.25, 0.3) is 0 Å². The molecule has 8 heteroatoms. The van der Waals surface area contributed by atoms with Crippen LogP contribution in [0.2, 0.25) is 0 Å². The first-order chi connectivity index (χ1) is 13.3. The van der Waals surface area contributed by atoms with Gasteiger partial charge in [-0.25, -0.2) is 17.9 Å². The van der Waals surface area contributed by atoms with Gasteiger partial charge in [-0.15, -0.1) is 0 Å². The van der Waals surface area contributed by atoms with Gasteiger partial charge in [0.05, 0.1) is 17.6 Å². The molecule has 0 aliphatic rings. The Kier molecular flexibility index (Phi) is 7.42. The lowest BCUT2D eigenvalue weighted by atomic mass is 10.1. The van der Waals surface area contributed by atoms with E-state index in [0.717, 1.165) is 17.7 Å². The summed E-state index contributed by atoms with van der Waals surface area (Å²) in [6.45, 7) is 4.10. The van der Waals surface area contributed by atoms with E-state index in [9.17, 15) is 18.3 Å². The molecule has 0 aliphatic carbocycles. The highest BCUT2D eigenvalue weighted by atomic mass is 32.2. The summed E-state index contributed by atoms with van der Waals surface area (Å²) in [6, 6.07) is 11.5. The molecule has 1 atom stereocenters. The quantitative estimate of drug-likeness (QED) is 0.560. The summed E-state index contributed by atoms with van der Waals surface area (Å²) >= 11 is 0. The average Bonchev–Trinajstić information content (AvgIpc) is 2.68. The van der Waals surface area contributed by atoms with E-state index in [1.165, 1.54) is 18.2 Å². The summed E-state index contributed by atoms with van der Waals surface area (Å²) < 4.78 is 32.7. The van der Waals surface area contributed by atoms with Gasteiger partial charge in [0.15, 0.2) is 0 Å². The lowest BCUT2D eigenvalue weighted by Crippen LogP contribution is -2.26. The summed E-state index contributed by atoms with van der Waals surface area (Å²) in [4.78, 5) is 11.5. The molecule has 0 spiro atoms. The molecule has 2 rings (SSSR count). The van der Waals surface area contributed by atoms with Crippen LogP contribution in [0.4, 0.5) is 5.69 Å². The fourth-order valence-electron chi connectivity index (χ4n) is 2.57. The number of carboxylic acid groups (broad SMARTS) is 1. The summed E-state index contributed by atoms with van der Waals surface area (Å²) in [7, 11) is -2.23. The Morgan fingerprint density at radius 2 is 1.86 bits per heavy atom. The maximum Gasteiger partial charge on any atom is 0.337 e. The van der Waals surface area contributed by atoms with Gasteiger partial charge in [-0.2, -0.15) is 0 Å². The fraction of sp³-hybridized carbons (Fsp3) is 0.350. The van der Waals surface area contributed by atoms with Gasteiger partial charge in [0, 0.05) is 18.3 Å². The van der Waals surface area contributed by atoms with Crippen molar-refractivity contribution in [2.24, 2.45) is 0 Å². The van der Waals surface area contributed by atoms with Gasteiger partial charge in [-0.3, -0.25) is 0 Å². The minimum atomic E-state index is -3.82. The van der Waals surface area contributed by atoms with E-state index in [-0.39, 0.29) is 23.0 Å². The number of ether oxygens (including phenoxy) is 1. The maximum atomic E-state index is 12.5. The Balaban J connectivity index is 2.10. The number of hydrogen-bond donors (Lipinski definition) is 3. The van der Waals surface area contributed by atoms with Gasteiger partial charge in [-0.05, 0) is 55.7 Å². The van der Waals surface area contributed by atoms with Gasteiger partial charge >= 0.3 is 5.97 Å². The Morgan fingerprint density at radius 1 is 1.18 bits per heavy atom. The number of methoxy groups -OCH3 is 1. The van der Waals surface area contributed by atoms with E-state index in [0.29, 0.717) is 12.1 Å². The van der Waals surface area contributed by atoms with Crippen molar-refractivity contribution in [3.05, 3.63) is 53.6 Å². The normalized spacial score (nSPS) is 12.4. The Morgan fingerprint density at radius 3 is 2.43 bits per heavy atom. The van der Waals surface area contributed by atoms with Crippen molar-refractivity contribution in [3.63, 3.8) is 0 Å². The zero-order chi connectivity index (χ0) is 20.7. The molecule has 152 valence electrons. The third kappa shape index (κ3) is 5.71. The minimum Gasteiger partial charge on any atom is -0.497 e. The van der Waals surface area contributed by atoms with Crippen LogP contribution in [0.1, 0.15) is 36.2 Å². The second-order valence-corrected chi connectivity index (χ2v) is 8.23. The summed E-state index contributed by atoms with van der Waals surface area (Å²) in [5, 5.41) is 12.5. The molecule has 2 aromatic carbocycles. The molecule has 0 saturated heterocycles.